The van der Waals surface area contributed by atoms with Crippen LogP contribution in [0.2, 0.25) is 0 Å². The molecule has 2 bridgehead atoms. The molecule has 3 saturated heterocycles. The Morgan fingerprint density at radius 3 is 2.13 bits per heavy atom. The first-order chi connectivity index (χ1) is 14.5. The minimum Gasteiger partial charge on any atom is -0.368 e. The SMILES string of the molecule is CCOC1(C)OC2C3O[C@@H](C(C(=O)NC)C3C(=O)NCc3ccccc3)[C@H]2O1.CN. The lowest BCUT2D eigenvalue weighted by molar-refractivity contribution is -0.339. The molecule has 0 radical (unpaired) electrons. The maximum absolute atomic E-state index is 13.0. The van der Waals surface area contributed by atoms with Gasteiger partial charge in [0.05, 0.1) is 24.0 Å². The number of nitrogens with two attached hydrogens (primary N) is 1. The Morgan fingerprint density at radius 2 is 1.60 bits per heavy atom. The van der Waals surface area contributed by atoms with Crippen LogP contribution in [0.25, 0.3) is 0 Å². The zero-order chi connectivity index (χ0) is 21.9. The smallest absolute Gasteiger partial charge is 0.280 e. The van der Waals surface area contributed by atoms with Gasteiger partial charge in [-0.1, -0.05) is 30.3 Å². The van der Waals surface area contributed by atoms with Crippen LogP contribution < -0.4 is 16.4 Å². The molecule has 3 fully saturated rings. The van der Waals surface area contributed by atoms with Crippen LogP contribution in [0.5, 0.6) is 0 Å². The molecule has 3 aliphatic rings. The Balaban J connectivity index is 0.00000124. The molecule has 30 heavy (non-hydrogen) atoms. The molecule has 9 heteroatoms. The standard InChI is InChI=1S/C20H26N2O6.CH5N/c1-4-25-20(2)27-16-14-12(18(23)21-3)13(15(26-14)17(16)28-20)19(24)22-10-11-8-6-5-7-9-11;1-2/h5-9,12-17H,4,10H2,1-3H3,(H,21,23)(H,22,24);2H2,1H3/t12?,13?,14-,15?,16+,17?,20?;/m0./s1. The van der Waals surface area contributed by atoms with Crippen molar-refractivity contribution in [1.29, 1.82) is 0 Å². The van der Waals surface area contributed by atoms with Gasteiger partial charge in [0.1, 0.15) is 12.2 Å². The molecular formula is C21H31N3O6. The molecule has 3 heterocycles. The lowest BCUT2D eigenvalue weighted by Crippen LogP contribution is -2.54. The van der Waals surface area contributed by atoms with Crippen LogP contribution in [-0.2, 0) is 35.1 Å². The van der Waals surface area contributed by atoms with Crippen molar-refractivity contribution in [2.75, 3.05) is 20.7 Å². The third kappa shape index (κ3) is 4.08. The number of nitrogens with one attached hydrogen (secondary N) is 2. The van der Waals surface area contributed by atoms with E-state index in [4.69, 9.17) is 18.9 Å². The highest BCUT2D eigenvalue weighted by atomic mass is 16.9. The van der Waals surface area contributed by atoms with Gasteiger partial charge in [0.15, 0.2) is 0 Å². The van der Waals surface area contributed by atoms with Gasteiger partial charge in [-0.25, -0.2) is 0 Å². The van der Waals surface area contributed by atoms with E-state index in [1.807, 2.05) is 37.3 Å². The fraction of sp³-hybridized carbons (Fsp3) is 0.619. The molecule has 0 aliphatic carbocycles. The number of carbonyl (C=O) groups excluding carboxylic acids is 2. The Morgan fingerprint density at radius 1 is 1.03 bits per heavy atom. The van der Waals surface area contributed by atoms with Crippen LogP contribution in [0.15, 0.2) is 30.3 Å². The van der Waals surface area contributed by atoms with Gasteiger partial charge in [0.2, 0.25) is 11.8 Å². The maximum Gasteiger partial charge on any atom is 0.280 e. The van der Waals surface area contributed by atoms with E-state index in [1.165, 1.54) is 7.05 Å². The normalized spacial score (nSPS) is 35.9. The van der Waals surface area contributed by atoms with Crippen molar-refractivity contribution < 1.29 is 28.5 Å². The van der Waals surface area contributed by atoms with Gasteiger partial charge in [-0.15, -0.1) is 0 Å². The molecule has 7 atom stereocenters. The van der Waals surface area contributed by atoms with Crippen LogP contribution in [-0.4, -0.2) is 62.9 Å². The number of ether oxygens (including phenoxy) is 4. The van der Waals surface area contributed by atoms with Crippen molar-refractivity contribution in [2.24, 2.45) is 17.6 Å². The summed E-state index contributed by atoms with van der Waals surface area (Å²) < 4.78 is 23.5. The van der Waals surface area contributed by atoms with E-state index in [1.54, 1.807) is 14.0 Å². The summed E-state index contributed by atoms with van der Waals surface area (Å²) in [6, 6.07) is 9.62. The molecule has 4 N–H and O–H groups in total. The van der Waals surface area contributed by atoms with Crippen molar-refractivity contribution in [2.45, 2.75) is 50.8 Å². The first-order valence-electron chi connectivity index (χ1n) is 10.2. The topological polar surface area (TPSA) is 121 Å². The summed E-state index contributed by atoms with van der Waals surface area (Å²) in [4.78, 5) is 25.6. The summed E-state index contributed by atoms with van der Waals surface area (Å²) >= 11 is 0. The van der Waals surface area contributed by atoms with Crippen molar-refractivity contribution in [1.82, 2.24) is 10.6 Å². The fourth-order valence-corrected chi connectivity index (χ4v) is 4.51. The Bertz CT molecular complexity index is 748. The third-order valence-electron chi connectivity index (χ3n) is 5.65. The highest BCUT2D eigenvalue weighted by Gasteiger charge is 2.69. The van der Waals surface area contributed by atoms with Crippen LogP contribution in [0.3, 0.4) is 0 Å². The molecule has 166 valence electrons. The van der Waals surface area contributed by atoms with Crippen molar-refractivity contribution >= 4 is 11.8 Å². The van der Waals surface area contributed by atoms with Gasteiger partial charge in [0.25, 0.3) is 5.97 Å². The molecule has 2 amide bonds. The average Bonchev–Trinajstić information content (AvgIpc) is 3.41. The predicted octanol–water partition coefficient (Wildman–Crippen LogP) is 0.131. The molecule has 1 aromatic rings. The summed E-state index contributed by atoms with van der Waals surface area (Å²) in [6.45, 7) is 4.36. The summed E-state index contributed by atoms with van der Waals surface area (Å²) in [5.74, 6) is -2.94. The van der Waals surface area contributed by atoms with Gasteiger partial charge < -0.3 is 35.3 Å². The van der Waals surface area contributed by atoms with E-state index in [9.17, 15) is 9.59 Å². The van der Waals surface area contributed by atoms with Gasteiger partial charge >= 0.3 is 0 Å². The fourth-order valence-electron chi connectivity index (χ4n) is 4.51. The van der Waals surface area contributed by atoms with Crippen molar-refractivity contribution in [3.63, 3.8) is 0 Å². The second-order valence-electron chi connectivity index (χ2n) is 7.39. The lowest BCUT2D eigenvalue weighted by Gasteiger charge is -2.30. The summed E-state index contributed by atoms with van der Waals surface area (Å²) in [5, 5.41) is 5.58. The molecule has 0 spiro atoms. The zero-order valence-corrected chi connectivity index (χ0v) is 17.8. The first kappa shape index (κ1) is 22.6. The van der Waals surface area contributed by atoms with Gasteiger partial charge in [-0.3, -0.25) is 9.59 Å². The summed E-state index contributed by atoms with van der Waals surface area (Å²) in [6.07, 6.45) is -2.00. The van der Waals surface area contributed by atoms with Gasteiger partial charge in [0, 0.05) is 27.1 Å². The van der Waals surface area contributed by atoms with E-state index in [0.717, 1.165) is 5.56 Å². The van der Waals surface area contributed by atoms with E-state index in [-0.39, 0.29) is 11.8 Å². The second kappa shape index (κ2) is 9.40. The van der Waals surface area contributed by atoms with Crippen LogP contribution in [0, 0.1) is 11.8 Å². The Kier molecular flexibility index (Phi) is 7.10. The quantitative estimate of drug-likeness (QED) is 0.597. The van der Waals surface area contributed by atoms with E-state index in [0.29, 0.717) is 13.2 Å². The Hall–Kier alpha value is -2.04. The lowest BCUT2D eigenvalue weighted by atomic mass is 9.75. The van der Waals surface area contributed by atoms with E-state index >= 15 is 0 Å². The van der Waals surface area contributed by atoms with E-state index < -0.39 is 42.2 Å². The summed E-state index contributed by atoms with van der Waals surface area (Å²) in [7, 11) is 3.06. The molecule has 9 nitrogen and oxygen atoms in total. The van der Waals surface area contributed by atoms with Gasteiger partial charge in [-0.05, 0) is 19.5 Å². The van der Waals surface area contributed by atoms with Crippen LogP contribution >= 0.6 is 0 Å². The third-order valence-corrected chi connectivity index (χ3v) is 5.65. The highest BCUT2D eigenvalue weighted by molar-refractivity contribution is 5.89. The monoisotopic (exact) mass is 421 g/mol. The zero-order valence-electron chi connectivity index (χ0n) is 17.8. The second-order valence-corrected chi connectivity index (χ2v) is 7.39. The van der Waals surface area contributed by atoms with E-state index in [2.05, 4.69) is 16.4 Å². The van der Waals surface area contributed by atoms with Crippen molar-refractivity contribution in [3.05, 3.63) is 35.9 Å². The number of hydrogen-bond acceptors (Lipinski definition) is 7. The number of rotatable bonds is 6. The average molecular weight is 421 g/mol. The predicted molar refractivity (Wildman–Crippen MR) is 108 cm³/mol. The number of amides is 2. The highest BCUT2D eigenvalue weighted by Crippen LogP contribution is 2.51. The van der Waals surface area contributed by atoms with Crippen LogP contribution in [0.4, 0.5) is 0 Å². The molecule has 4 rings (SSSR count). The molecular weight excluding hydrogens is 390 g/mol. The number of carbonyl (C=O) groups is 2. The minimum absolute atomic E-state index is 0.225. The van der Waals surface area contributed by atoms with Crippen molar-refractivity contribution in [3.8, 4) is 0 Å². The minimum atomic E-state index is -1.19. The van der Waals surface area contributed by atoms with Gasteiger partial charge in [-0.2, -0.15) is 0 Å². The molecule has 0 saturated carbocycles. The summed E-state index contributed by atoms with van der Waals surface area (Å²) in [5.41, 5.74) is 5.48. The molecule has 1 aromatic carbocycles. The number of hydrogen-bond donors (Lipinski definition) is 3. The Labute approximate surface area is 176 Å². The largest absolute Gasteiger partial charge is 0.368 e. The van der Waals surface area contributed by atoms with Crippen LogP contribution in [0.1, 0.15) is 19.4 Å². The maximum atomic E-state index is 13.0. The first-order valence-corrected chi connectivity index (χ1v) is 10.2. The molecule has 3 aliphatic heterocycles. The molecule has 5 unspecified atom stereocenters. The number of fused-ring (bicyclic) bond motifs is 5. The number of benzene rings is 1. The molecule has 0 aromatic heterocycles.